The Morgan fingerprint density at radius 1 is 0.900 bits per heavy atom. The molecule has 1 fully saturated rings. The number of hydrogen-bond donors (Lipinski definition) is 2. The van der Waals surface area contributed by atoms with Gasteiger partial charge in [-0.2, -0.15) is 15.4 Å². The van der Waals surface area contributed by atoms with E-state index in [2.05, 4.69) is 66.9 Å². The number of aliphatic imine (C=N–C) groups is 1. The topological polar surface area (TPSA) is 72.4 Å². The maximum atomic E-state index is 4.84. The predicted octanol–water partition coefficient (Wildman–Crippen LogP) is 2.95. The zero-order valence-corrected chi connectivity index (χ0v) is 16.9. The first-order valence-electron chi connectivity index (χ1n) is 10.7. The summed E-state index contributed by atoms with van der Waals surface area (Å²) >= 11 is 0. The van der Waals surface area contributed by atoms with E-state index in [0.717, 1.165) is 62.5 Å². The second-order valence-corrected chi connectivity index (χ2v) is 8.32. The molecule has 2 N–H and O–H groups in total. The van der Waals surface area contributed by atoms with Crippen molar-refractivity contribution in [3.63, 3.8) is 0 Å². The number of aromatic amines is 1. The first-order chi connectivity index (χ1) is 14.8. The molecule has 0 aliphatic carbocycles. The SMILES string of the molecule is c1ccc(-c2n[nH]nc2CN2CCC3(CC2)Nc2ccccc2C2=NCCN23)cc1. The van der Waals surface area contributed by atoms with Crippen LogP contribution in [-0.2, 0) is 6.54 Å². The lowest BCUT2D eigenvalue weighted by Gasteiger charge is -2.52. The number of likely N-dealkylation sites (tertiary alicyclic amines) is 1. The summed E-state index contributed by atoms with van der Waals surface area (Å²) in [5, 5.41) is 15.6. The fourth-order valence-electron chi connectivity index (χ4n) is 5.08. The second kappa shape index (κ2) is 6.95. The number of rotatable bonds is 3. The van der Waals surface area contributed by atoms with Crippen molar-refractivity contribution in [2.75, 3.05) is 31.5 Å². The highest BCUT2D eigenvalue weighted by Gasteiger charge is 2.46. The third-order valence-corrected chi connectivity index (χ3v) is 6.62. The molecule has 3 aliphatic rings. The molecule has 0 amide bonds. The highest BCUT2D eigenvalue weighted by molar-refractivity contribution is 6.06. The molecule has 1 spiro atoms. The van der Waals surface area contributed by atoms with Gasteiger partial charge in [-0.15, -0.1) is 0 Å². The number of amidine groups is 1. The Labute approximate surface area is 175 Å². The van der Waals surface area contributed by atoms with Gasteiger partial charge >= 0.3 is 0 Å². The Morgan fingerprint density at radius 3 is 2.57 bits per heavy atom. The van der Waals surface area contributed by atoms with Crippen LogP contribution in [0.3, 0.4) is 0 Å². The lowest BCUT2D eigenvalue weighted by atomic mass is 9.90. The molecule has 3 aromatic rings. The highest BCUT2D eigenvalue weighted by atomic mass is 15.4. The molecule has 4 heterocycles. The molecule has 0 unspecified atom stereocenters. The van der Waals surface area contributed by atoms with Crippen molar-refractivity contribution in [1.82, 2.24) is 25.2 Å². The van der Waals surface area contributed by atoms with Crippen LogP contribution in [0.2, 0.25) is 0 Å². The molecule has 1 saturated heterocycles. The van der Waals surface area contributed by atoms with E-state index in [1.54, 1.807) is 0 Å². The lowest BCUT2D eigenvalue weighted by Crippen LogP contribution is -2.63. The average molecular weight is 400 g/mol. The molecular weight excluding hydrogens is 374 g/mol. The quantitative estimate of drug-likeness (QED) is 0.709. The Morgan fingerprint density at radius 2 is 1.70 bits per heavy atom. The van der Waals surface area contributed by atoms with Crippen LogP contribution in [0.25, 0.3) is 11.3 Å². The first-order valence-corrected chi connectivity index (χ1v) is 10.7. The number of aromatic nitrogens is 3. The van der Waals surface area contributed by atoms with Crippen LogP contribution in [0.4, 0.5) is 5.69 Å². The van der Waals surface area contributed by atoms with Gasteiger partial charge in [0.15, 0.2) is 0 Å². The number of para-hydroxylation sites is 1. The van der Waals surface area contributed by atoms with Gasteiger partial charge in [0.05, 0.1) is 6.54 Å². The molecule has 0 saturated carbocycles. The van der Waals surface area contributed by atoms with Gasteiger partial charge in [0.25, 0.3) is 0 Å². The van der Waals surface area contributed by atoms with E-state index in [4.69, 9.17) is 4.99 Å². The third kappa shape index (κ3) is 2.81. The summed E-state index contributed by atoms with van der Waals surface area (Å²) in [6.07, 6.45) is 2.11. The van der Waals surface area contributed by atoms with Crippen molar-refractivity contribution < 1.29 is 0 Å². The van der Waals surface area contributed by atoms with Gasteiger partial charge in [0.2, 0.25) is 0 Å². The molecule has 0 atom stereocenters. The van der Waals surface area contributed by atoms with E-state index in [-0.39, 0.29) is 5.66 Å². The predicted molar refractivity (Wildman–Crippen MR) is 117 cm³/mol. The largest absolute Gasteiger partial charge is 0.362 e. The lowest BCUT2D eigenvalue weighted by molar-refractivity contribution is 0.0889. The van der Waals surface area contributed by atoms with Crippen molar-refractivity contribution >= 4 is 11.5 Å². The number of anilines is 1. The van der Waals surface area contributed by atoms with Crippen molar-refractivity contribution in [1.29, 1.82) is 0 Å². The number of piperidine rings is 1. The van der Waals surface area contributed by atoms with Crippen molar-refractivity contribution in [3.8, 4) is 11.3 Å². The zero-order chi connectivity index (χ0) is 20.0. The number of H-pyrrole nitrogens is 1. The molecule has 152 valence electrons. The summed E-state index contributed by atoms with van der Waals surface area (Å²) < 4.78 is 0. The van der Waals surface area contributed by atoms with Gasteiger partial charge in [-0.3, -0.25) is 9.89 Å². The van der Waals surface area contributed by atoms with Gasteiger partial charge in [0.1, 0.15) is 22.9 Å². The summed E-state index contributed by atoms with van der Waals surface area (Å²) in [5.74, 6) is 1.17. The normalized spacial score (nSPS) is 19.9. The molecule has 7 heteroatoms. The number of fused-ring (bicyclic) bond motifs is 4. The van der Waals surface area contributed by atoms with Gasteiger partial charge in [-0.1, -0.05) is 42.5 Å². The molecule has 0 bridgehead atoms. The summed E-state index contributed by atoms with van der Waals surface area (Å²) in [4.78, 5) is 9.84. The van der Waals surface area contributed by atoms with Crippen molar-refractivity contribution in [2.45, 2.75) is 25.0 Å². The molecule has 2 aromatic carbocycles. The minimum absolute atomic E-state index is 0.0354. The minimum atomic E-state index is -0.0354. The standard InChI is InChI=1S/C23H25N7/c1-2-6-17(7-3-1)21-20(26-28-27-21)16-29-13-10-23(11-14-29)25-19-9-5-4-8-18(19)22-24-12-15-30(22)23/h1-9,25H,10-16H2,(H,26,27,28). The van der Waals surface area contributed by atoms with Crippen LogP contribution in [0.5, 0.6) is 0 Å². The van der Waals surface area contributed by atoms with E-state index in [0.29, 0.717) is 0 Å². The molecule has 0 radical (unpaired) electrons. The first kappa shape index (κ1) is 17.7. The van der Waals surface area contributed by atoms with Crippen LogP contribution >= 0.6 is 0 Å². The monoisotopic (exact) mass is 399 g/mol. The second-order valence-electron chi connectivity index (χ2n) is 8.32. The van der Waals surface area contributed by atoms with Gasteiger partial charge in [0, 0.05) is 55.8 Å². The molecular formula is C23H25N7. The average Bonchev–Trinajstić information content (AvgIpc) is 3.47. The van der Waals surface area contributed by atoms with Gasteiger partial charge in [-0.25, -0.2) is 0 Å². The Bertz CT molecular complexity index is 1080. The van der Waals surface area contributed by atoms with E-state index < -0.39 is 0 Å². The van der Waals surface area contributed by atoms with E-state index in [9.17, 15) is 0 Å². The Hall–Kier alpha value is -3.19. The van der Waals surface area contributed by atoms with Crippen LogP contribution in [0.15, 0.2) is 59.6 Å². The fraction of sp³-hybridized carbons (Fsp3) is 0.348. The molecule has 30 heavy (non-hydrogen) atoms. The maximum absolute atomic E-state index is 4.84. The molecule has 3 aliphatic heterocycles. The number of nitrogens with zero attached hydrogens (tertiary/aromatic N) is 5. The molecule has 6 rings (SSSR count). The van der Waals surface area contributed by atoms with Gasteiger partial charge < -0.3 is 10.2 Å². The Balaban J connectivity index is 1.20. The van der Waals surface area contributed by atoms with Gasteiger partial charge in [-0.05, 0) is 12.1 Å². The number of nitrogens with one attached hydrogen (secondary N) is 2. The minimum Gasteiger partial charge on any atom is -0.362 e. The summed E-state index contributed by atoms with van der Waals surface area (Å²) in [7, 11) is 0. The molecule has 7 nitrogen and oxygen atoms in total. The van der Waals surface area contributed by atoms with Crippen LogP contribution in [-0.4, -0.2) is 62.9 Å². The summed E-state index contributed by atoms with van der Waals surface area (Å²) in [6, 6.07) is 18.9. The number of benzene rings is 2. The van der Waals surface area contributed by atoms with E-state index in [1.807, 2.05) is 18.2 Å². The van der Waals surface area contributed by atoms with Crippen LogP contribution < -0.4 is 5.32 Å². The highest BCUT2D eigenvalue weighted by Crippen LogP contribution is 2.39. The number of hydrogen-bond acceptors (Lipinski definition) is 6. The van der Waals surface area contributed by atoms with E-state index in [1.165, 1.54) is 17.1 Å². The summed E-state index contributed by atoms with van der Waals surface area (Å²) in [5.41, 5.74) is 5.49. The Kier molecular flexibility index (Phi) is 4.09. The zero-order valence-electron chi connectivity index (χ0n) is 16.9. The maximum Gasteiger partial charge on any atom is 0.134 e. The van der Waals surface area contributed by atoms with Crippen LogP contribution in [0.1, 0.15) is 24.1 Å². The van der Waals surface area contributed by atoms with Crippen LogP contribution in [0, 0.1) is 0 Å². The molecule has 1 aromatic heterocycles. The summed E-state index contributed by atoms with van der Waals surface area (Å²) in [6.45, 7) is 4.72. The smallest absolute Gasteiger partial charge is 0.134 e. The van der Waals surface area contributed by atoms with Crippen molar-refractivity contribution in [2.24, 2.45) is 4.99 Å². The van der Waals surface area contributed by atoms with Crippen molar-refractivity contribution in [3.05, 3.63) is 65.9 Å². The van der Waals surface area contributed by atoms with E-state index >= 15 is 0 Å². The fourth-order valence-corrected chi connectivity index (χ4v) is 5.08. The third-order valence-electron chi connectivity index (χ3n) is 6.62.